The summed E-state index contributed by atoms with van der Waals surface area (Å²) in [6.45, 7) is -2.86. The fourth-order valence-corrected chi connectivity index (χ4v) is 2.02. The van der Waals surface area contributed by atoms with Crippen LogP contribution in [0.2, 0.25) is 0 Å². The minimum absolute atomic E-state index is 0.0633. The molecule has 24 heavy (non-hydrogen) atoms. The number of alkyl halides is 2. The number of benzene rings is 2. The van der Waals surface area contributed by atoms with Gasteiger partial charge in [-0.25, -0.2) is 0 Å². The number of ether oxygens (including phenoxy) is 3. The van der Waals surface area contributed by atoms with Gasteiger partial charge in [0.15, 0.2) is 17.3 Å². The zero-order valence-corrected chi connectivity index (χ0v) is 13.2. The molecule has 4 nitrogen and oxygen atoms in total. The highest BCUT2D eigenvalue weighted by molar-refractivity contribution is 6.07. The molecule has 6 heteroatoms. The maximum absolute atomic E-state index is 12.2. The molecule has 0 aromatic heterocycles. The summed E-state index contributed by atoms with van der Waals surface area (Å²) in [5.41, 5.74) is 1.13. The second kappa shape index (κ2) is 8.10. The standard InChI is InChI=1S/C18H16F2O4/c1-22-16-10-6-13(11-17(16)23-2)15(21)9-5-12-3-7-14(8-4-12)24-18(19)20/h3-11,18H,1-2H3/b9-5+. The maximum atomic E-state index is 12.2. The van der Waals surface area contributed by atoms with E-state index < -0.39 is 6.61 Å². The molecule has 2 rings (SSSR count). The SMILES string of the molecule is COc1ccc(C(=O)/C=C/c2ccc(OC(F)F)cc2)cc1OC. The fourth-order valence-electron chi connectivity index (χ4n) is 2.02. The number of halogens is 2. The molecular formula is C18H16F2O4. The Morgan fingerprint density at radius 2 is 1.67 bits per heavy atom. The lowest BCUT2D eigenvalue weighted by atomic mass is 10.1. The molecule has 0 saturated carbocycles. The molecule has 0 unspecified atom stereocenters. The maximum Gasteiger partial charge on any atom is 0.387 e. The highest BCUT2D eigenvalue weighted by Crippen LogP contribution is 2.27. The van der Waals surface area contributed by atoms with Crippen LogP contribution >= 0.6 is 0 Å². The Morgan fingerprint density at radius 1 is 1.00 bits per heavy atom. The Morgan fingerprint density at radius 3 is 2.25 bits per heavy atom. The van der Waals surface area contributed by atoms with Crippen LogP contribution in [-0.2, 0) is 0 Å². The Bertz CT molecular complexity index is 724. The van der Waals surface area contributed by atoms with Crippen LogP contribution in [0, 0.1) is 0 Å². The molecule has 2 aromatic rings. The summed E-state index contributed by atoms with van der Waals surface area (Å²) in [7, 11) is 3.01. The van der Waals surface area contributed by atoms with Crippen molar-refractivity contribution < 1.29 is 27.8 Å². The molecule has 2 aromatic carbocycles. The summed E-state index contributed by atoms with van der Waals surface area (Å²) >= 11 is 0. The monoisotopic (exact) mass is 334 g/mol. The van der Waals surface area contributed by atoms with E-state index in [0.717, 1.165) is 0 Å². The molecular weight excluding hydrogens is 318 g/mol. The van der Waals surface area contributed by atoms with E-state index in [1.807, 2.05) is 0 Å². The molecule has 0 saturated heterocycles. The van der Waals surface area contributed by atoms with Gasteiger partial charge in [0.05, 0.1) is 14.2 Å². The lowest BCUT2D eigenvalue weighted by molar-refractivity contribution is -0.0498. The molecule has 0 amide bonds. The van der Waals surface area contributed by atoms with Crippen molar-refractivity contribution in [3.63, 3.8) is 0 Å². The number of hydrogen-bond acceptors (Lipinski definition) is 4. The molecule has 0 aliphatic carbocycles. The Labute approximate surface area is 138 Å². The van der Waals surface area contributed by atoms with E-state index in [0.29, 0.717) is 22.6 Å². The van der Waals surface area contributed by atoms with Gasteiger partial charge in [0, 0.05) is 5.56 Å². The van der Waals surface area contributed by atoms with E-state index >= 15 is 0 Å². The van der Waals surface area contributed by atoms with Gasteiger partial charge in [-0.2, -0.15) is 8.78 Å². The minimum Gasteiger partial charge on any atom is -0.493 e. The van der Waals surface area contributed by atoms with Crippen LogP contribution in [0.5, 0.6) is 17.2 Å². The van der Waals surface area contributed by atoms with Crippen molar-refractivity contribution in [3.05, 3.63) is 59.7 Å². The molecule has 0 spiro atoms. The lowest BCUT2D eigenvalue weighted by Crippen LogP contribution is -2.01. The quantitative estimate of drug-likeness (QED) is 0.562. The number of ketones is 1. The van der Waals surface area contributed by atoms with Gasteiger partial charge in [0.2, 0.25) is 0 Å². The first kappa shape index (κ1) is 17.5. The predicted octanol–water partition coefficient (Wildman–Crippen LogP) is 4.20. The molecule has 0 atom stereocenters. The third-order valence-corrected chi connectivity index (χ3v) is 3.20. The number of carbonyl (C=O) groups excluding carboxylic acids is 1. The van der Waals surface area contributed by atoms with Gasteiger partial charge in [-0.05, 0) is 42.0 Å². The molecule has 0 radical (unpaired) electrons. The van der Waals surface area contributed by atoms with E-state index in [4.69, 9.17) is 9.47 Å². The summed E-state index contributed by atoms with van der Waals surface area (Å²) in [5.74, 6) is 0.843. The van der Waals surface area contributed by atoms with Gasteiger partial charge < -0.3 is 14.2 Å². The van der Waals surface area contributed by atoms with Crippen molar-refractivity contribution in [2.24, 2.45) is 0 Å². The third kappa shape index (κ3) is 4.55. The Kier molecular flexibility index (Phi) is 5.89. The fraction of sp³-hybridized carbons (Fsp3) is 0.167. The number of methoxy groups -OCH3 is 2. The van der Waals surface area contributed by atoms with Gasteiger partial charge in [-0.15, -0.1) is 0 Å². The lowest BCUT2D eigenvalue weighted by Gasteiger charge is -2.08. The van der Waals surface area contributed by atoms with Gasteiger partial charge in [0.25, 0.3) is 0 Å². The van der Waals surface area contributed by atoms with Crippen molar-refractivity contribution in [3.8, 4) is 17.2 Å². The van der Waals surface area contributed by atoms with E-state index in [1.54, 1.807) is 36.4 Å². The predicted molar refractivity (Wildman–Crippen MR) is 86.0 cm³/mol. The minimum atomic E-state index is -2.86. The van der Waals surface area contributed by atoms with Gasteiger partial charge in [-0.3, -0.25) is 4.79 Å². The Balaban J connectivity index is 2.10. The molecule has 0 aliphatic rings. The van der Waals surface area contributed by atoms with E-state index in [9.17, 15) is 13.6 Å². The first-order chi connectivity index (χ1) is 11.5. The molecule has 0 bridgehead atoms. The van der Waals surface area contributed by atoms with Crippen molar-refractivity contribution in [2.45, 2.75) is 6.61 Å². The first-order valence-electron chi connectivity index (χ1n) is 7.03. The van der Waals surface area contributed by atoms with Gasteiger partial charge >= 0.3 is 6.61 Å². The van der Waals surface area contributed by atoms with Gasteiger partial charge in [-0.1, -0.05) is 18.2 Å². The van der Waals surface area contributed by atoms with Crippen molar-refractivity contribution in [1.82, 2.24) is 0 Å². The van der Waals surface area contributed by atoms with E-state index in [1.165, 1.54) is 32.4 Å². The highest BCUT2D eigenvalue weighted by atomic mass is 19.3. The largest absolute Gasteiger partial charge is 0.493 e. The normalized spacial score (nSPS) is 10.9. The second-order valence-corrected chi connectivity index (χ2v) is 4.71. The van der Waals surface area contributed by atoms with Crippen LogP contribution < -0.4 is 14.2 Å². The smallest absolute Gasteiger partial charge is 0.387 e. The van der Waals surface area contributed by atoms with Crippen molar-refractivity contribution in [2.75, 3.05) is 14.2 Å². The van der Waals surface area contributed by atoms with Crippen LogP contribution in [0.15, 0.2) is 48.5 Å². The van der Waals surface area contributed by atoms with E-state index in [2.05, 4.69) is 4.74 Å². The number of allylic oxidation sites excluding steroid dienone is 1. The zero-order valence-electron chi connectivity index (χ0n) is 13.2. The number of carbonyl (C=O) groups is 1. The summed E-state index contributed by atoms with van der Waals surface area (Å²) < 4.78 is 38.7. The second-order valence-electron chi connectivity index (χ2n) is 4.71. The summed E-state index contributed by atoms with van der Waals surface area (Å²) in [4.78, 5) is 12.2. The average Bonchev–Trinajstić information content (AvgIpc) is 2.59. The Hall–Kier alpha value is -2.89. The summed E-state index contributed by atoms with van der Waals surface area (Å²) in [5, 5.41) is 0. The number of rotatable bonds is 7. The molecule has 0 fully saturated rings. The average molecular weight is 334 g/mol. The van der Waals surface area contributed by atoms with Crippen molar-refractivity contribution in [1.29, 1.82) is 0 Å². The van der Waals surface area contributed by atoms with Crippen molar-refractivity contribution >= 4 is 11.9 Å². The van der Waals surface area contributed by atoms with Crippen LogP contribution in [0.3, 0.4) is 0 Å². The molecule has 0 N–H and O–H groups in total. The van der Waals surface area contributed by atoms with Crippen LogP contribution in [-0.4, -0.2) is 26.6 Å². The first-order valence-corrected chi connectivity index (χ1v) is 7.03. The molecule has 0 heterocycles. The number of hydrogen-bond donors (Lipinski definition) is 0. The van der Waals surface area contributed by atoms with Crippen LogP contribution in [0.25, 0.3) is 6.08 Å². The third-order valence-electron chi connectivity index (χ3n) is 3.20. The molecule has 126 valence electrons. The van der Waals surface area contributed by atoms with Crippen LogP contribution in [0.4, 0.5) is 8.78 Å². The summed E-state index contributed by atoms with van der Waals surface area (Å²) in [6.07, 6.45) is 2.98. The topological polar surface area (TPSA) is 44.8 Å². The summed E-state index contributed by atoms with van der Waals surface area (Å²) in [6, 6.07) is 10.8. The highest BCUT2D eigenvalue weighted by Gasteiger charge is 2.08. The van der Waals surface area contributed by atoms with Crippen LogP contribution in [0.1, 0.15) is 15.9 Å². The molecule has 0 aliphatic heterocycles. The van der Waals surface area contributed by atoms with E-state index in [-0.39, 0.29) is 11.5 Å². The van der Waals surface area contributed by atoms with Gasteiger partial charge in [0.1, 0.15) is 5.75 Å². The zero-order chi connectivity index (χ0) is 17.5.